The number of alkyl halides is 2. The van der Waals surface area contributed by atoms with Gasteiger partial charge in [-0.05, 0) is 44.0 Å². The second kappa shape index (κ2) is 8.82. The van der Waals surface area contributed by atoms with Crippen LogP contribution in [-0.4, -0.2) is 50.7 Å². The predicted octanol–water partition coefficient (Wildman–Crippen LogP) is 2.76. The molecular formula is C17H24F2N2O3. The fourth-order valence-electron chi connectivity index (χ4n) is 3.00. The molecule has 7 heteroatoms. The van der Waals surface area contributed by atoms with Crippen LogP contribution in [0.1, 0.15) is 30.1 Å². The van der Waals surface area contributed by atoms with Crippen molar-refractivity contribution in [2.75, 3.05) is 33.3 Å². The van der Waals surface area contributed by atoms with Crippen LogP contribution in [0.5, 0.6) is 11.5 Å². The first-order valence-electron chi connectivity index (χ1n) is 8.17. The van der Waals surface area contributed by atoms with Gasteiger partial charge in [0.1, 0.15) is 0 Å². The maximum atomic E-state index is 12.6. The van der Waals surface area contributed by atoms with Gasteiger partial charge in [-0.25, -0.2) is 0 Å². The van der Waals surface area contributed by atoms with Crippen LogP contribution in [0.25, 0.3) is 0 Å². The third-order valence-electron chi connectivity index (χ3n) is 4.25. The highest BCUT2D eigenvalue weighted by Crippen LogP contribution is 2.32. The minimum absolute atomic E-state index is 0.0535. The molecule has 1 atom stereocenters. The van der Waals surface area contributed by atoms with Crippen LogP contribution in [0.2, 0.25) is 0 Å². The second-order valence-corrected chi connectivity index (χ2v) is 5.83. The van der Waals surface area contributed by atoms with E-state index in [-0.39, 0.29) is 17.1 Å². The van der Waals surface area contributed by atoms with Crippen LogP contribution >= 0.6 is 0 Å². The van der Waals surface area contributed by atoms with Gasteiger partial charge in [0.25, 0.3) is 5.91 Å². The molecule has 1 amide bonds. The van der Waals surface area contributed by atoms with Gasteiger partial charge in [-0.3, -0.25) is 4.79 Å². The van der Waals surface area contributed by atoms with Crippen LogP contribution in [0.15, 0.2) is 18.2 Å². The SMILES string of the molecule is CCN1CCC[C@H](CNC(=O)c2cccc(OC)c2OC(F)F)C1. The quantitative estimate of drug-likeness (QED) is 0.828. The number of rotatable bonds is 7. The molecule has 0 aliphatic carbocycles. The van der Waals surface area contributed by atoms with Gasteiger partial charge in [0.15, 0.2) is 11.5 Å². The highest BCUT2D eigenvalue weighted by atomic mass is 19.3. The monoisotopic (exact) mass is 342 g/mol. The van der Waals surface area contributed by atoms with Crippen molar-refractivity contribution in [2.45, 2.75) is 26.4 Å². The van der Waals surface area contributed by atoms with Crippen molar-refractivity contribution < 1.29 is 23.0 Å². The Kier molecular flexibility index (Phi) is 6.78. The summed E-state index contributed by atoms with van der Waals surface area (Å²) in [6.07, 6.45) is 2.16. The highest BCUT2D eigenvalue weighted by Gasteiger charge is 2.23. The molecular weight excluding hydrogens is 318 g/mol. The molecule has 1 aromatic carbocycles. The lowest BCUT2D eigenvalue weighted by Crippen LogP contribution is -2.40. The van der Waals surface area contributed by atoms with Crippen molar-refractivity contribution in [3.63, 3.8) is 0 Å². The molecule has 1 aromatic rings. The maximum Gasteiger partial charge on any atom is 0.387 e. The van der Waals surface area contributed by atoms with Crippen LogP contribution in [0.3, 0.4) is 0 Å². The summed E-state index contributed by atoms with van der Waals surface area (Å²) in [7, 11) is 1.34. The zero-order valence-electron chi connectivity index (χ0n) is 14.1. The van der Waals surface area contributed by atoms with Crippen molar-refractivity contribution in [1.29, 1.82) is 0 Å². The Morgan fingerprint density at radius 1 is 1.46 bits per heavy atom. The molecule has 0 bridgehead atoms. The first-order valence-corrected chi connectivity index (χ1v) is 8.17. The highest BCUT2D eigenvalue weighted by molar-refractivity contribution is 5.97. The third-order valence-corrected chi connectivity index (χ3v) is 4.25. The number of halogens is 2. The third kappa shape index (κ3) is 4.80. The van der Waals surface area contributed by atoms with E-state index in [0.29, 0.717) is 12.5 Å². The van der Waals surface area contributed by atoms with Gasteiger partial charge in [-0.1, -0.05) is 13.0 Å². The lowest BCUT2D eigenvalue weighted by atomic mass is 9.98. The molecule has 2 rings (SSSR count). The Balaban J connectivity index is 2.03. The molecule has 5 nitrogen and oxygen atoms in total. The molecule has 1 saturated heterocycles. The molecule has 0 radical (unpaired) electrons. The molecule has 1 aliphatic heterocycles. The van der Waals surface area contributed by atoms with Gasteiger partial charge in [0.05, 0.1) is 12.7 Å². The topological polar surface area (TPSA) is 50.8 Å². The predicted molar refractivity (Wildman–Crippen MR) is 86.8 cm³/mol. The van der Waals surface area contributed by atoms with Crippen molar-refractivity contribution in [3.8, 4) is 11.5 Å². The van der Waals surface area contributed by atoms with E-state index in [4.69, 9.17) is 4.74 Å². The van der Waals surface area contributed by atoms with Crippen molar-refractivity contribution in [1.82, 2.24) is 10.2 Å². The fraction of sp³-hybridized carbons (Fsp3) is 0.588. The number of para-hydroxylation sites is 1. The molecule has 0 spiro atoms. The number of amides is 1. The maximum absolute atomic E-state index is 12.6. The Bertz CT molecular complexity index is 555. The summed E-state index contributed by atoms with van der Waals surface area (Å²) in [6, 6.07) is 4.51. The number of piperidine rings is 1. The largest absolute Gasteiger partial charge is 0.493 e. The normalized spacial score (nSPS) is 18.5. The van der Waals surface area contributed by atoms with Crippen molar-refractivity contribution in [3.05, 3.63) is 23.8 Å². The average Bonchev–Trinajstić information content (AvgIpc) is 2.59. The van der Waals surface area contributed by atoms with Gasteiger partial charge in [0, 0.05) is 13.1 Å². The lowest BCUT2D eigenvalue weighted by molar-refractivity contribution is -0.0515. The number of hydrogen-bond acceptors (Lipinski definition) is 4. The molecule has 0 aromatic heterocycles. The van der Waals surface area contributed by atoms with Gasteiger partial charge in [-0.15, -0.1) is 0 Å². The first-order chi connectivity index (χ1) is 11.5. The Morgan fingerprint density at radius 3 is 2.92 bits per heavy atom. The lowest BCUT2D eigenvalue weighted by Gasteiger charge is -2.31. The van der Waals surface area contributed by atoms with Gasteiger partial charge < -0.3 is 19.7 Å². The molecule has 0 unspecified atom stereocenters. The van der Waals surface area contributed by atoms with E-state index < -0.39 is 12.5 Å². The number of carbonyl (C=O) groups excluding carboxylic acids is 1. The Morgan fingerprint density at radius 2 is 2.25 bits per heavy atom. The van der Waals surface area contributed by atoms with E-state index >= 15 is 0 Å². The minimum atomic E-state index is -3.02. The van der Waals surface area contributed by atoms with E-state index in [1.807, 2.05) is 0 Å². The van der Waals surface area contributed by atoms with E-state index in [0.717, 1.165) is 32.5 Å². The van der Waals surface area contributed by atoms with Crippen molar-refractivity contribution in [2.24, 2.45) is 5.92 Å². The number of benzene rings is 1. The summed E-state index contributed by atoms with van der Waals surface area (Å²) in [6.45, 7) is 2.63. The number of nitrogens with zero attached hydrogens (tertiary/aromatic N) is 1. The Labute approximate surface area is 140 Å². The summed E-state index contributed by atoms with van der Waals surface area (Å²) in [4.78, 5) is 14.7. The van der Waals surface area contributed by atoms with Gasteiger partial charge in [0.2, 0.25) is 0 Å². The summed E-state index contributed by atoms with van der Waals surface area (Å²) in [5.41, 5.74) is 0.0535. The van der Waals surface area contributed by atoms with Gasteiger partial charge in [-0.2, -0.15) is 8.78 Å². The van der Waals surface area contributed by atoms with Crippen LogP contribution in [0.4, 0.5) is 8.78 Å². The Hall–Kier alpha value is -1.89. The smallest absolute Gasteiger partial charge is 0.387 e. The molecule has 1 N–H and O–H groups in total. The van der Waals surface area contributed by atoms with Crippen LogP contribution in [0, 0.1) is 5.92 Å². The molecule has 1 aliphatic rings. The molecule has 24 heavy (non-hydrogen) atoms. The van der Waals surface area contributed by atoms with Gasteiger partial charge >= 0.3 is 6.61 Å². The number of likely N-dealkylation sites (tertiary alicyclic amines) is 1. The first kappa shape index (κ1) is 18.4. The van der Waals surface area contributed by atoms with Crippen LogP contribution < -0.4 is 14.8 Å². The number of hydrogen-bond donors (Lipinski definition) is 1. The zero-order chi connectivity index (χ0) is 17.5. The number of carbonyl (C=O) groups is 1. The van der Waals surface area contributed by atoms with Crippen LogP contribution in [-0.2, 0) is 0 Å². The van der Waals surface area contributed by atoms with E-state index in [1.165, 1.54) is 19.2 Å². The number of methoxy groups -OCH3 is 1. The summed E-state index contributed by atoms with van der Waals surface area (Å²) < 4.78 is 34.8. The minimum Gasteiger partial charge on any atom is -0.493 e. The van der Waals surface area contributed by atoms with E-state index in [1.54, 1.807) is 6.07 Å². The fourth-order valence-corrected chi connectivity index (χ4v) is 3.00. The number of ether oxygens (including phenoxy) is 2. The standard InChI is InChI=1S/C17H24F2N2O3/c1-3-21-9-5-6-12(11-21)10-20-16(22)13-7-4-8-14(23-2)15(13)24-17(18)19/h4,7-8,12,17H,3,5-6,9-11H2,1-2H3,(H,20,22)/t12-/m1/s1. The molecule has 134 valence electrons. The summed E-state index contributed by atoms with van der Waals surface area (Å²) in [5, 5.41) is 2.83. The van der Waals surface area contributed by atoms with Crippen molar-refractivity contribution >= 4 is 5.91 Å². The molecule has 0 saturated carbocycles. The number of nitrogens with one attached hydrogen (secondary N) is 1. The average molecular weight is 342 g/mol. The second-order valence-electron chi connectivity index (χ2n) is 5.83. The molecule has 1 heterocycles. The van der Waals surface area contributed by atoms with E-state index in [9.17, 15) is 13.6 Å². The zero-order valence-corrected chi connectivity index (χ0v) is 14.1. The summed E-state index contributed by atoms with van der Waals surface area (Å²) >= 11 is 0. The summed E-state index contributed by atoms with van der Waals surface area (Å²) in [5.74, 6) is -0.185. The molecule has 1 fully saturated rings. The van der Waals surface area contributed by atoms with E-state index in [2.05, 4.69) is 21.9 Å².